The lowest BCUT2D eigenvalue weighted by Gasteiger charge is -2.24. The second kappa shape index (κ2) is 7.25. The van der Waals surface area contributed by atoms with Gasteiger partial charge in [-0.1, -0.05) is 25.4 Å². The van der Waals surface area contributed by atoms with Gasteiger partial charge in [-0.05, 0) is 25.0 Å². The minimum Gasteiger partial charge on any atom is -0.377 e. The molecule has 0 radical (unpaired) electrons. The van der Waals surface area contributed by atoms with Gasteiger partial charge >= 0.3 is 0 Å². The number of halogens is 1. The molecule has 1 aromatic heterocycles. The van der Waals surface area contributed by atoms with Crippen molar-refractivity contribution in [1.29, 1.82) is 0 Å². The number of rotatable bonds is 4. The van der Waals surface area contributed by atoms with Crippen LogP contribution in [0.1, 0.15) is 32.8 Å². The van der Waals surface area contributed by atoms with Gasteiger partial charge in [0.2, 0.25) is 0 Å². The predicted molar refractivity (Wildman–Crippen MR) is 83.5 cm³/mol. The van der Waals surface area contributed by atoms with E-state index in [1.807, 2.05) is 0 Å². The third kappa shape index (κ3) is 4.33. The summed E-state index contributed by atoms with van der Waals surface area (Å²) in [5.74, 6) is 0.993. The fraction of sp³-hybridized carbons (Fsp3) is 0.667. The fourth-order valence-corrected chi connectivity index (χ4v) is 2.46. The number of ether oxygens (including phenoxy) is 1. The van der Waals surface area contributed by atoms with E-state index in [-0.39, 0.29) is 6.10 Å². The Morgan fingerprint density at radius 2 is 2.35 bits per heavy atom. The summed E-state index contributed by atoms with van der Waals surface area (Å²) in [5, 5.41) is 4.12. The first-order chi connectivity index (χ1) is 9.56. The summed E-state index contributed by atoms with van der Waals surface area (Å²) in [6.45, 7) is 9.82. The molecule has 1 fully saturated rings. The van der Waals surface area contributed by atoms with Crippen LogP contribution in [-0.4, -0.2) is 36.8 Å². The fourth-order valence-electron chi connectivity index (χ4n) is 2.29. The maximum Gasteiger partial charge on any atom is 0.128 e. The first kappa shape index (κ1) is 15.5. The molecule has 112 valence electrons. The minimum absolute atomic E-state index is 0.243. The van der Waals surface area contributed by atoms with Crippen LogP contribution in [0.25, 0.3) is 0 Å². The molecule has 4 nitrogen and oxygen atoms in total. The summed E-state index contributed by atoms with van der Waals surface area (Å²) in [7, 11) is 0. The van der Waals surface area contributed by atoms with Crippen LogP contribution in [0.3, 0.4) is 0 Å². The van der Waals surface area contributed by atoms with Gasteiger partial charge in [-0.15, -0.1) is 0 Å². The number of nitrogens with zero attached hydrogens (tertiary/aromatic N) is 2. The standard InChI is InChI=1S/C15H24ClN3O/c1-11(2)17-8-13-7-15(18-9-14(13)16)19-5-4-6-20-12(3)10-19/h7,9,11-12,17H,4-6,8,10H2,1-3H3. The Morgan fingerprint density at radius 1 is 1.55 bits per heavy atom. The molecule has 0 aromatic carbocycles. The number of pyridine rings is 1. The van der Waals surface area contributed by atoms with Crippen molar-refractivity contribution in [2.75, 3.05) is 24.6 Å². The van der Waals surface area contributed by atoms with Crippen LogP contribution >= 0.6 is 11.6 Å². The SMILES string of the molecule is CC(C)NCc1cc(N2CCCOC(C)C2)ncc1Cl. The molecule has 0 spiro atoms. The van der Waals surface area contributed by atoms with E-state index in [0.717, 1.165) is 49.1 Å². The Labute approximate surface area is 126 Å². The van der Waals surface area contributed by atoms with Crippen LogP contribution in [0.5, 0.6) is 0 Å². The maximum atomic E-state index is 6.23. The Hall–Kier alpha value is -0.840. The maximum absolute atomic E-state index is 6.23. The highest BCUT2D eigenvalue weighted by Gasteiger charge is 2.17. The van der Waals surface area contributed by atoms with Crippen LogP contribution in [0, 0.1) is 0 Å². The smallest absolute Gasteiger partial charge is 0.128 e. The zero-order valence-corrected chi connectivity index (χ0v) is 13.3. The average Bonchev–Trinajstić information content (AvgIpc) is 2.62. The van der Waals surface area contributed by atoms with Crippen LogP contribution in [0.4, 0.5) is 5.82 Å². The molecule has 1 saturated heterocycles. The lowest BCUT2D eigenvalue weighted by molar-refractivity contribution is 0.0820. The van der Waals surface area contributed by atoms with E-state index in [9.17, 15) is 0 Å². The number of hydrogen-bond acceptors (Lipinski definition) is 4. The Kier molecular flexibility index (Phi) is 5.64. The van der Waals surface area contributed by atoms with Gasteiger partial charge in [-0.3, -0.25) is 0 Å². The van der Waals surface area contributed by atoms with E-state index >= 15 is 0 Å². The highest BCUT2D eigenvalue weighted by atomic mass is 35.5. The molecule has 1 atom stereocenters. The van der Waals surface area contributed by atoms with Gasteiger partial charge in [-0.2, -0.15) is 0 Å². The third-order valence-corrected chi connectivity index (χ3v) is 3.74. The average molecular weight is 298 g/mol. The van der Waals surface area contributed by atoms with E-state index in [0.29, 0.717) is 6.04 Å². The highest BCUT2D eigenvalue weighted by molar-refractivity contribution is 6.31. The summed E-state index contributed by atoms with van der Waals surface area (Å²) >= 11 is 6.23. The van der Waals surface area contributed by atoms with Crippen molar-refractivity contribution < 1.29 is 4.74 Å². The van der Waals surface area contributed by atoms with Gasteiger partial charge in [0.15, 0.2) is 0 Å². The van der Waals surface area contributed by atoms with Gasteiger partial charge in [0.25, 0.3) is 0 Å². The molecule has 0 bridgehead atoms. The largest absolute Gasteiger partial charge is 0.377 e. The van der Waals surface area contributed by atoms with Gasteiger partial charge in [0.1, 0.15) is 5.82 Å². The Morgan fingerprint density at radius 3 is 3.10 bits per heavy atom. The highest BCUT2D eigenvalue weighted by Crippen LogP contribution is 2.22. The van der Waals surface area contributed by atoms with Crippen LogP contribution in [0.15, 0.2) is 12.3 Å². The molecule has 5 heteroatoms. The van der Waals surface area contributed by atoms with Crippen LogP contribution < -0.4 is 10.2 Å². The Balaban J connectivity index is 2.12. The topological polar surface area (TPSA) is 37.4 Å². The van der Waals surface area contributed by atoms with Gasteiger partial charge < -0.3 is 15.0 Å². The second-order valence-corrected chi connectivity index (χ2v) is 6.06. The lowest BCUT2D eigenvalue weighted by Crippen LogP contribution is -2.31. The van der Waals surface area contributed by atoms with Gasteiger partial charge in [0, 0.05) is 38.5 Å². The van der Waals surface area contributed by atoms with Crippen LogP contribution in [0.2, 0.25) is 5.02 Å². The predicted octanol–water partition coefficient (Wildman–Crippen LogP) is 2.85. The first-order valence-corrected chi connectivity index (χ1v) is 7.68. The quantitative estimate of drug-likeness (QED) is 0.927. The molecule has 1 unspecified atom stereocenters. The molecule has 20 heavy (non-hydrogen) atoms. The molecule has 1 aromatic rings. The molecule has 2 heterocycles. The first-order valence-electron chi connectivity index (χ1n) is 7.30. The molecule has 0 aliphatic carbocycles. The lowest BCUT2D eigenvalue weighted by atomic mass is 10.2. The van der Waals surface area contributed by atoms with E-state index in [1.54, 1.807) is 6.20 Å². The molecule has 1 aliphatic rings. The summed E-state index contributed by atoms with van der Waals surface area (Å²) in [5.41, 5.74) is 1.10. The molecule has 0 amide bonds. The summed E-state index contributed by atoms with van der Waals surface area (Å²) in [4.78, 5) is 6.76. The summed E-state index contributed by atoms with van der Waals surface area (Å²) < 4.78 is 5.68. The van der Waals surface area contributed by atoms with Crippen LogP contribution in [-0.2, 0) is 11.3 Å². The van der Waals surface area contributed by atoms with E-state index in [4.69, 9.17) is 16.3 Å². The second-order valence-electron chi connectivity index (χ2n) is 5.65. The van der Waals surface area contributed by atoms with E-state index in [2.05, 4.69) is 42.0 Å². The molecule has 1 aliphatic heterocycles. The van der Waals surface area contributed by atoms with E-state index < -0.39 is 0 Å². The van der Waals surface area contributed by atoms with E-state index in [1.165, 1.54) is 0 Å². The molecular formula is C15H24ClN3O. The van der Waals surface area contributed by atoms with Crippen molar-refractivity contribution in [3.05, 3.63) is 22.8 Å². The molecule has 1 N–H and O–H groups in total. The zero-order chi connectivity index (χ0) is 14.5. The van der Waals surface area contributed by atoms with Crippen molar-refractivity contribution in [2.24, 2.45) is 0 Å². The normalized spacial score (nSPS) is 20.2. The molecule has 2 rings (SSSR count). The van der Waals surface area contributed by atoms with Crippen molar-refractivity contribution in [2.45, 2.75) is 45.9 Å². The number of aromatic nitrogens is 1. The van der Waals surface area contributed by atoms with Gasteiger partial charge in [0.05, 0.1) is 11.1 Å². The van der Waals surface area contributed by atoms with Gasteiger partial charge in [-0.25, -0.2) is 4.98 Å². The summed E-state index contributed by atoms with van der Waals surface area (Å²) in [6.07, 6.45) is 3.03. The van der Waals surface area contributed by atoms with Crippen molar-refractivity contribution in [1.82, 2.24) is 10.3 Å². The van der Waals surface area contributed by atoms with Crippen molar-refractivity contribution in [3.63, 3.8) is 0 Å². The monoisotopic (exact) mass is 297 g/mol. The van der Waals surface area contributed by atoms with Crippen molar-refractivity contribution in [3.8, 4) is 0 Å². The minimum atomic E-state index is 0.243. The molecule has 0 saturated carbocycles. The molecular weight excluding hydrogens is 274 g/mol. The third-order valence-electron chi connectivity index (χ3n) is 3.40. The number of hydrogen-bond donors (Lipinski definition) is 1. The summed E-state index contributed by atoms with van der Waals surface area (Å²) in [6, 6.07) is 2.53. The number of anilines is 1. The van der Waals surface area contributed by atoms with Crippen molar-refractivity contribution >= 4 is 17.4 Å². The zero-order valence-electron chi connectivity index (χ0n) is 12.5. The number of nitrogens with one attached hydrogen (secondary N) is 1. The Bertz CT molecular complexity index is 439.